The second-order valence-electron chi connectivity index (χ2n) is 5.70. The highest BCUT2D eigenvalue weighted by atomic mass is 19.1. The van der Waals surface area contributed by atoms with E-state index in [2.05, 4.69) is 10.6 Å². The molecule has 1 aliphatic rings. The summed E-state index contributed by atoms with van der Waals surface area (Å²) in [7, 11) is 1.71. The van der Waals surface area contributed by atoms with Gasteiger partial charge in [-0.2, -0.15) is 0 Å². The molecule has 1 aromatic carbocycles. The number of carbonyl (C=O) groups excluding carboxylic acids is 2. The molecule has 6 nitrogen and oxygen atoms in total. The predicted octanol–water partition coefficient (Wildman–Crippen LogP) is 3.01. The van der Waals surface area contributed by atoms with Crippen LogP contribution in [-0.2, 0) is 0 Å². The zero-order chi connectivity index (χ0) is 17.0. The predicted molar refractivity (Wildman–Crippen MR) is 88.3 cm³/mol. The number of halogens is 1. The molecule has 1 aliphatic heterocycles. The van der Waals surface area contributed by atoms with Crippen LogP contribution >= 0.6 is 0 Å². The van der Waals surface area contributed by atoms with Crippen molar-refractivity contribution in [3.05, 3.63) is 24.0 Å². The number of nitrogens with zero attached hydrogens (tertiary/aromatic N) is 2. The molecular formula is C16H23FN4O2. The first-order valence-electron chi connectivity index (χ1n) is 7.82. The van der Waals surface area contributed by atoms with Crippen LogP contribution < -0.4 is 15.5 Å². The molecular weight excluding hydrogens is 299 g/mol. The molecule has 0 bridgehead atoms. The Morgan fingerprint density at radius 1 is 1.52 bits per heavy atom. The Labute approximate surface area is 135 Å². The quantitative estimate of drug-likeness (QED) is 0.895. The van der Waals surface area contributed by atoms with E-state index in [4.69, 9.17) is 0 Å². The van der Waals surface area contributed by atoms with Crippen molar-refractivity contribution in [1.82, 2.24) is 10.2 Å². The summed E-state index contributed by atoms with van der Waals surface area (Å²) in [5, 5.41) is 5.42. The minimum atomic E-state index is -0.490. The standard InChI is InChI=1S/C16H23FN4O2/c1-4-11(2)20(3)16(23)19-12-6-7-13(17)14(10-12)21-9-5-8-18-15(21)22/h6-7,10-11H,4-5,8-9H2,1-3H3,(H,18,22)(H,19,23)/t11-/m0/s1. The molecule has 126 valence electrons. The Morgan fingerprint density at radius 2 is 2.26 bits per heavy atom. The van der Waals surface area contributed by atoms with Crippen LogP contribution in [0.4, 0.5) is 25.4 Å². The molecule has 4 amide bonds. The van der Waals surface area contributed by atoms with Crippen molar-refractivity contribution in [3.8, 4) is 0 Å². The number of amides is 4. The van der Waals surface area contributed by atoms with Crippen molar-refractivity contribution in [1.29, 1.82) is 0 Å². The van der Waals surface area contributed by atoms with Crippen LogP contribution in [0.5, 0.6) is 0 Å². The first kappa shape index (κ1) is 17.1. The number of nitrogens with one attached hydrogen (secondary N) is 2. The zero-order valence-corrected chi connectivity index (χ0v) is 13.7. The van der Waals surface area contributed by atoms with Crippen LogP contribution in [0.25, 0.3) is 0 Å². The maximum atomic E-state index is 14.1. The largest absolute Gasteiger partial charge is 0.338 e. The smallest absolute Gasteiger partial charge is 0.321 e. The van der Waals surface area contributed by atoms with E-state index >= 15 is 0 Å². The number of carbonyl (C=O) groups is 2. The van der Waals surface area contributed by atoms with Crippen LogP contribution in [0.1, 0.15) is 26.7 Å². The van der Waals surface area contributed by atoms with Gasteiger partial charge in [-0.1, -0.05) is 6.92 Å². The lowest BCUT2D eigenvalue weighted by molar-refractivity contribution is 0.206. The lowest BCUT2D eigenvalue weighted by atomic mass is 10.2. The van der Waals surface area contributed by atoms with Gasteiger partial charge in [0.15, 0.2) is 0 Å². The average Bonchev–Trinajstić information content (AvgIpc) is 2.55. The number of urea groups is 2. The molecule has 1 heterocycles. The van der Waals surface area contributed by atoms with Gasteiger partial charge in [-0.15, -0.1) is 0 Å². The third-order valence-electron chi connectivity index (χ3n) is 4.14. The van der Waals surface area contributed by atoms with Crippen LogP contribution in [0.2, 0.25) is 0 Å². The second-order valence-corrected chi connectivity index (χ2v) is 5.70. The summed E-state index contributed by atoms with van der Waals surface area (Å²) in [6.07, 6.45) is 1.59. The zero-order valence-electron chi connectivity index (χ0n) is 13.7. The van der Waals surface area contributed by atoms with Crippen molar-refractivity contribution >= 4 is 23.4 Å². The minimum Gasteiger partial charge on any atom is -0.338 e. The molecule has 23 heavy (non-hydrogen) atoms. The van der Waals surface area contributed by atoms with E-state index < -0.39 is 5.82 Å². The number of hydrogen-bond donors (Lipinski definition) is 2. The number of rotatable bonds is 4. The van der Waals surface area contributed by atoms with E-state index in [-0.39, 0.29) is 23.8 Å². The lowest BCUT2D eigenvalue weighted by Crippen LogP contribution is -2.46. The molecule has 1 saturated heterocycles. The third kappa shape index (κ3) is 3.91. The summed E-state index contributed by atoms with van der Waals surface area (Å²) in [6.45, 7) is 4.99. The Morgan fingerprint density at radius 3 is 2.91 bits per heavy atom. The third-order valence-corrected chi connectivity index (χ3v) is 4.14. The van der Waals surface area contributed by atoms with Crippen molar-refractivity contribution in [2.75, 3.05) is 30.4 Å². The Hall–Kier alpha value is -2.31. The molecule has 0 unspecified atom stereocenters. The van der Waals surface area contributed by atoms with E-state index in [1.807, 2.05) is 13.8 Å². The fourth-order valence-corrected chi connectivity index (χ4v) is 2.34. The maximum Gasteiger partial charge on any atom is 0.321 e. The molecule has 0 aliphatic carbocycles. The lowest BCUT2D eigenvalue weighted by Gasteiger charge is -2.28. The Kier molecular flexibility index (Phi) is 5.41. The first-order valence-corrected chi connectivity index (χ1v) is 7.82. The molecule has 1 atom stereocenters. The van der Waals surface area contributed by atoms with Gasteiger partial charge >= 0.3 is 12.1 Å². The van der Waals surface area contributed by atoms with Crippen LogP contribution in [-0.4, -0.2) is 43.1 Å². The van der Waals surface area contributed by atoms with Crippen LogP contribution in [0, 0.1) is 5.82 Å². The van der Waals surface area contributed by atoms with Gasteiger partial charge in [0.1, 0.15) is 5.82 Å². The van der Waals surface area contributed by atoms with Crippen molar-refractivity contribution in [2.45, 2.75) is 32.7 Å². The number of anilines is 2. The highest BCUT2D eigenvalue weighted by molar-refractivity contribution is 5.95. The van der Waals surface area contributed by atoms with E-state index in [1.54, 1.807) is 11.9 Å². The minimum absolute atomic E-state index is 0.0998. The van der Waals surface area contributed by atoms with E-state index in [0.29, 0.717) is 18.8 Å². The van der Waals surface area contributed by atoms with Crippen molar-refractivity contribution in [3.63, 3.8) is 0 Å². The molecule has 2 N–H and O–H groups in total. The van der Waals surface area contributed by atoms with Gasteiger partial charge < -0.3 is 15.5 Å². The number of hydrogen-bond acceptors (Lipinski definition) is 2. The molecule has 0 saturated carbocycles. The summed E-state index contributed by atoms with van der Waals surface area (Å²) in [5.41, 5.74) is 0.631. The normalized spacial score (nSPS) is 15.8. The van der Waals surface area contributed by atoms with E-state index in [0.717, 1.165) is 12.8 Å². The number of benzene rings is 1. The van der Waals surface area contributed by atoms with Gasteiger partial charge in [-0.05, 0) is 38.0 Å². The Balaban J connectivity index is 2.17. The van der Waals surface area contributed by atoms with Crippen molar-refractivity contribution in [2.24, 2.45) is 0 Å². The highest BCUT2D eigenvalue weighted by Crippen LogP contribution is 2.25. The highest BCUT2D eigenvalue weighted by Gasteiger charge is 2.23. The molecule has 0 aromatic heterocycles. The average molecular weight is 322 g/mol. The first-order chi connectivity index (χ1) is 10.9. The topological polar surface area (TPSA) is 64.7 Å². The van der Waals surface area contributed by atoms with Gasteiger partial charge in [0.2, 0.25) is 0 Å². The van der Waals surface area contributed by atoms with Crippen molar-refractivity contribution < 1.29 is 14.0 Å². The summed E-state index contributed by atoms with van der Waals surface area (Å²) in [5.74, 6) is -0.490. The van der Waals surface area contributed by atoms with E-state index in [9.17, 15) is 14.0 Å². The molecule has 1 aromatic rings. The monoisotopic (exact) mass is 322 g/mol. The van der Waals surface area contributed by atoms with E-state index in [1.165, 1.54) is 23.1 Å². The summed E-state index contributed by atoms with van der Waals surface area (Å²) in [6, 6.07) is 3.75. The Bertz CT molecular complexity index is 593. The molecule has 0 spiro atoms. The molecule has 0 radical (unpaired) electrons. The van der Waals surface area contributed by atoms with Gasteiger partial charge in [0.25, 0.3) is 0 Å². The van der Waals surface area contributed by atoms with Gasteiger partial charge in [-0.3, -0.25) is 4.90 Å². The summed E-state index contributed by atoms with van der Waals surface area (Å²) < 4.78 is 14.1. The summed E-state index contributed by atoms with van der Waals surface area (Å²) >= 11 is 0. The summed E-state index contributed by atoms with van der Waals surface area (Å²) in [4.78, 5) is 27.0. The van der Waals surface area contributed by atoms with Gasteiger partial charge in [0.05, 0.1) is 5.69 Å². The van der Waals surface area contributed by atoms with Crippen LogP contribution in [0.3, 0.4) is 0 Å². The molecule has 1 fully saturated rings. The fraction of sp³-hybridized carbons (Fsp3) is 0.500. The van der Waals surface area contributed by atoms with Gasteiger partial charge in [0, 0.05) is 31.9 Å². The second kappa shape index (κ2) is 7.30. The molecule has 2 rings (SSSR count). The van der Waals surface area contributed by atoms with Crippen LogP contribution in [0.15, 0.2) is 18.2 Å². The van der Waals surface area contributed by atoms with Gasteiger partial charge in [-0.25, -0.2) is 14.0 Å². The fourth-order valence-electron chi connectivity index (χ4n) is 2.34. The maximum absolute atomic E-state index is 14.1. The SMILES string of the molecule is CC[C@H](C)N(C)C(=O)Nc1ccc(F)c(N2CCCNC2=O)c1. The molecule has 7 heteroatoms.